The van der Waals surface area contributed by atoms with Crippen molar-refractivity contribution in [2.75, 3.05) is 13.1 Å². The van der Waals surface area contributed by atoms with Crippen LogP contribution in [-0.2, 0) is 11.3 Å². The Morgan fingerprint density at radius 3 is 2.87 bits per heavy atom. The summed E-state index contributed by atoms with van der Waals surface area (Å²) < 4.78 is 5.38. The molecule has 1 amide bonds. The second-order valence-electron chi connectivity index (χ2n) is 6.88. The molecule has 23 heavy (non-hydrogen) atoms. The number of nitrogens with one attached hydrogen (secondary N) is 1. The van der Waals surface area contributed by atoms with Crippen molar-refractivity contribution in [1.29, 1.82) is 5.26 Å². The summed E-state index contributed by atoms with van der Waals surface area (Å²) in [6, 6.07) is 6.11. The Labute approximate surface area is 137 Å². The van der Waals surface area contributed by atoms with E-state index in [1.807, 2.05) is 39.8 Å². The van der Waals surface area contributed by atoms with Crippen LogP contribution in [0.5, 0.6) is 0 Å². The van der Waals surface area contributed by atoms with Crippen LogP contribution in [0.15, 0.2) is 18.3 Å². The smallest absolute Gasteiger partial charge is 0.410 e. The topological polar surface area (TPSA) is 78.2 Å². The molecule has 0 saturated carbocycles. The highest BCUT2D eigenvalue weighted by Gasteiger charge is 2.37. The second kappa shape index (κ2) is 6.97. The highest BCUT2D eigenvalue weighted by atomic mass is 16.6. The zero-order valence-corrected chi connectivity index (χ0v) is 14.2. The molecule has 0 spiro atoms. The molecule has 1 aliphatic heterocycles. The number of nitriles is 1. The van der Waals surface area contributed by atoms with Gasteiger partial charge in [0.25, 0.3) is 0 Å². The summed E-state index contributed by atoms with van der Waals surface area (Å²) in [5.74, 6) is -0.244. The number of carbonyl (C=O) groups excluding carboxylic acids is 1. The molecule has 2 atom stereocenters. The number of aromatic nitrogens is 1. The van der Waals surface area contributed by atoms with Gasteiger partial charge in [0.05, 0.1) is 17.7 Å². The van der Waals surface area contributed by atoms with Gasteiger partial charge in [-0.05, 0) is 39.3 Å². The molecule has 0 bridgehead atoms. The van der Waals surface area contributed by atoms with Gasteiger partial charge in [0, 0.05) is 31.9 Å². The Balaban J connectivity index is 1.96. The third-order valence-electron chi connectivity index (χ3n) is 3.79. The number of pyridine rings is 1. The molecule has 2 heterocycles. The summed E-state index contributed by atoms with van der Waals surface area (Å²) in [7, 11) is 0. The van der Waals surface area contributed by atoms with E-state index in [0.29, 0.717) is 19.6 Å². The predicted molar refractivity (Wildman–Crippen MR) is 86.5 cm³/mol. The molecule has 1 aromatic rings. The largest absolute Gasteiger partial charge is 0.444 e. The minimum atomic E-state index is -0.532. The fourth-order valence-corrected chi connectivity index (χ4v) is 2.55. The quantitative estimate of drug-likeness (QED) is 0.925. The van der Waals surface area contributed by atoms with E-state index >= 15 is 0 Å². The van der Waals surface area contributed by atoms with Crippen LogP contribution in [0.2, 0.25) is 0 Å². The number of nitrogens with zero attached hydrogens (tertiary/aromatic N) is 3. The average molecular weight is 316 g/mol. The van der Waals surface area contributed by atoms with Crippen LogP contribution in [-0.4, -0.2) is 40.7 Å². The molecule has 1 saturated heterocycles. The van der Waals surface area contributed by atoms with E-state index in [9.17, 15) is 10.1 Å². The first-order chi connectivity index (χ1) is 10.8. The van der Waals surface area contributed by atoms with Gasteiger partial charge >= 0.3 is 6.09 Å². The van der Waals surface area contributed by atoms with E-state index in [1.54, 1.807) is 11.1 Å². The molecule has 1 aliphatic rings. The second-order valence-corrected chi connectivity index (χ2v) is 6.88. The zero-order chi connectivity index (χ0) is 17.0. The van der Waals surface area contributed by atoms with Crippen LogP contribution >= 0.6 is 0 Å². The summed E-state index contributed by atoms with van der Waals surface area (Å²) in [6.07, 6.45) is 1.39. The van der Waals surface area contributed by atoms with Crippen molar-refractivity contribution in [3.63, 3.8) is 0 Å². The summed E-state index contributed by atoms with van der Waals surface area (Å²) >= 11 is 0. The van der Waals surface area contributed by atoms with Crippen molar-refractivity contribution in [2.45, 2.75) is 45.9 Å². The van der Waals surface area contributed by atoms with Crippen LogP contribution in [0.1, 0.15) is 32.0 Å². The summed E-state index contributed by atoms with van der Waals surface area (Å²) in [5, 5.41) is 12.7. The Bertz CT molecular complexity index is 603. The molecule has 1 N–H and O–H groups in total. The molecule has 0 aliphatic carbocycles. The third-order valence-corrected chi connectivity index (χ3v) is 3.79. The standard InChI is InChI=1S/C17H24N4O2/c1-12-6-5-7-19-14(12)9-20-15-11-21(10-13(15)8-18)16(22)23-17(2,3)4/h5-7,13,15,20H,9-11H2,1-4H3/t13-,15-/m0/s1. The first kappa shape index (κ1) is 17.2. The number of aryl methyl sites for hydroxylation is 1. The van der Waals surface area contributed by atoms with E-state index in [4.69, 9.17) is 4.74 Å². The van der Waals surface area contributed by atoms with Gasteiger partial charge in [0.2, 0.25) is 0 Å². The fraction of sp³-hybridized carbons (Fsp3) is 0.588. The number of ether oxygens (including phenoxy) is 1. The number of likely N-dealkylation sites (tertiary alicyclic amines) is 1. The van der Waals surface area contributed by atoms with E-state index in [-0.39, 0.29) is 18.1 Å². The number of carbonyl (C=O) groups is 1. The van der Waals surface area contributed by atoms with Crippen molar-refractivity contribution in [3.8, 4) is 6.07 Å². The number of hydrogen-bond donors (Lipinski definition) is 1. The lowest BCUT2D eigenvalue weighted by Gasteiger charge is -2.24. The Kier molecular flexibility index (Phi) is 5.22. The number of amides is 1. The lowest BCUT2D eigenvalue weighted by Crippen LogP contribution is -2.38. The average Bonchev–Trinajstić information content (AvgIpc) is 2.88. The molecule has 124 valence electrons. The number of rotatable bonds is 3. The lowest BCUT2D eigenvalue weighted by atomic mass is 10.1. The van der Waals surface area contributed by atoms with E-state index in [2.05, 4.69) is 16.4 Å². The molecule has 0 unspecified atom stereocenters. The molecule has 0 aromatic carbocycles. The normalized spacial score (nSPS) is 21.1. The van der Waals surface area contributed by atoms with Crippen LogP contribution in [0.3, 0.4) is 0 Å². The minimum Gasteiger partial charge on any atom is -0.444 e. The Morgan fingerprint density at radius 2 is 2.26 bits per heavy atom. The molecule has 6 heteroatoms. The Hall–Kier alpha value is -2.13. The lowest BCUT2D eigenvalue weighted by molar-refractivity contribution is 0.0288. The first-order valence-corrected chi connectivity index (χ1v) is 7.81. The molecule has 1 aromatic heterocycles. The predicted octanol–water partition coefficient (Wildman–Crippen LogP) is 2.24. The van der Waals surface area contributed by atoms with Crippen molar-refractivity contribution >= 4 is 6.09 Å². The minimum absolute atomic E-state index is 0.0751. The van der Waals surface area contributed by atoms with Gasteiger partial charge in [-0.1, -0.05) is 6.07 Å². The molecular weight excluding hydrogens is 292 g/mol. The van der Waals surface area contributed by atoms with E-state index in [0.717, 1.165) is 11.3 Å². The van der Waals surface area contributed by atoms with Gasteiger partial charge in [-0.15, -0.1) is 0 Å². The third kappa shape index (κ3) is 4.67. The summed E-state index contributed by atoms with van der Waals surface area (Å²) in [6.45, 7) is 8.96. The fourth-order valence-electron chi connectivity index (χ4n) is 2.55. The molecular formula is C17H24N4O2. The van der Waals surface area contributed by atoms with Gasteiger partial charge in [0.15, 0.2) is 0 Å². The SMILES string of the molecule is Cc1cccnc1CN[C@H]1CN(C(=O)OC(C)(C)C)C[C@@H]1C#N. The zero-order valence-electron chi connectivity index (χ0n) is 14.2. The van der Waals surface area contributed by atoms with E-state index in [1.165, 1.54) is 0 Å². The highest BCUT2D eigenvalue weighted by molar-refractivity contribution is 5.68. The summed E-state index contributed by atoms with van der Waals surface area (Å²) in [4.78, 5) is 18.1. The number of hydrogen-bond acceptors (Lipinski definition) is 5. The maximum absolute atomic E-state index is 12.2. The van der Waals surface area contributed by atoms with Gasteiger partial charge in [-0.2, -0.15) is 5.26 Å². The van der Waals surface area contributed by atoms with Crippen LogP contribution in [0.4, 0.5) is 4.79 Å². The van der Waals surface area contributed by atoms with Crippen molar-refractivity contribution in [2.24, 2.45) is 5.92 Å². The molecule has 6 nitrogen and oxygen atoms in total. The van der Waals surface area contributed by atoms with Crippen molar-refractivity contribution < 1.29 is 9.53 Å². The molecule has 2 rings (SSSR count). The van der Waals surface area contributed by atoms with Gasteiger partial charge in [-0.3, -0.25) is 4.98 Å². The van der Waals surface area contributed by atoms with Gasteiger partial charge < -0.3 is 15.0 Å². The van der Waals surface area contributed by atoms with Crippen LogP contribution in [0.25, 0.3) is 0 Å². The van der Waals surface area contributed by atoms with E-state index < -0.39 is 5.60 Å². The molecule has 0 radical (unpaired) electrons. The van der Waals surface area contributed by atoms with Crippen molar-refractivity contribution in [1.82, 2.24) is 15.2 Å². The maximum atomic E-state index is 12.2. The highest BCUT2D eigenvalue weighted by Crippen LogP contribution is 2.20. The van der Waals surface area contributed by atoms with Crippen LogP contribution in [0, 0.1) is 24.2 Å². The summed E-state index contributed by atoms with van der Waals surface area (Å²) in [5.41, 5.74) is 1.53. The monoisotopic (exact) mass is 316 g/mol. The van der Waals surface area contributed by atoms with Gasteiger partial charge in [-0.25, -0.2) is 4.79 Å². The first-order valence-electron chi connectivity index (χ1n) is 7.81. The molecule has 1 fully saturated rings. The van der Waals surface area contributed by atoms with Crippen molar-refractivity contribution in [3.05, 3.63) is 29.6 Å². The maximum Gasteiger partial charge on any atom is 0.410 e. The Morgan fingerprint density at radius 1 is 1.52 bits per heavy atom. The van der Waals surface area contributed by atoms with Gasteiger partial charge in [0.1, 0.15) is 5.60 Å². The van der Waals surface area contributed by atoms with Crippen LogP contribution < -0.4 is 5.32 Å².